The summed E-state index contributed by atoms with van der Waals surface area (Å²) in [5.74, 6) is 0.576. The van der Waals surface area contributed by atoms with E-state index in [4.69, 9.17) is 0 Å². The van der Waals surface area contributed by atoms with Gasteiger partial charge in [-0.15, -0.1) is 0 Å². The van der Waals surface area contributed by atoms with Crippen LogP contribution in [-0.4, -0.2) is 31.3 Å². The SMILES string of the molecule is [c]1ccnc(NCCn2cncn2)n1. The highest BCUT2D eigenvalue weighted by molar-refractivity contribution is 5.21. The standard InChI is InChI=1S/C8H9N6/c1-2-10-8(11-3-1)12-4-5-14-7-9-6-13-14/h1-2,6-7H,4-5H2,(H,10,11,12). The van der Waals surface area contributed by atoms with Crippen molar-refractivity contribution in [3.8, 4) is 0 Å². The van der Waals surface area contributed by atoms with Crippen LogP contribution >= 0.6 is 0 Å². The van der Waals surface area contributed by atoms with Crippen molar-refractivity contribution < 1.29 is 0 Å². The molecule has 2 rings (SSSR count). The zero-order chi connectivity index (χ0) is 9.64. The Labute approximate surface area is 81.0 Å². The minimum atomic E-state index is 0.576. The van der Waals surface area contributed by atoms with Crippen molar-refractivity contribution >= 4 is 5.95 Å². The van der Waals surface area contributed by atoms with Gasteiger partial charge in [-0.3, -0.25) is 4.68 Å². The summed E-state index contributed by atoms with van der Waals surface area (Å²) in [4.78, 5) is 11.7. The quantitative estimate of drug-likeness (QED) is 0.732. The fourth-order valence-corrected chi connectivity index (χ4v) is 0.984. The lowest BCUT2D eigenvalue weighted by atomic mass is 10.6. The first-order chi connectivity index (χ1) is 6.95. The molecule has 0 saturated heterocycles. The van der Waals surface area contributed by atoms with Crippen LogP contribution in [0, 0.1) is 6.20 Å². The van der Waals surface area contributed by atoms with Gasteiger partial charge in [0.25, 0.3) is 0 Å². The normalized spacial score (nSPS) is 10.0. The number of hydrogen-bond donors (Lipinski definition) is 1. The van der Waals surface area contributed by atoms with E-state index in [1.807, 2.05) is 0 Å². The van der Waals surface area contributed by atoms with E-state index in [1.54, 1.807) is 23.3 Å². The summed E-state index contributed by atoms with van der Waals surface area (Å²) in [6, 6.07) is 1.66. The third-order valence-corrected chi connectivity index (χ3v) is 1.61. The number of nitrogens with zero attached hydrogens (tertiary/aromatic N) is 5. The Balaban J connectivity index is 1.79. The van der Waals surface area contributed by atoms with Crippen molar-refractivity contribution in [2.75, 3.05) is 11.9 Å². The van der Waals surface area contributed by atoms with Crippen LogP contribution in [-0.2, 0) is 6.54 Å². The monoisotopic (exact) mass is 189 g/mol. The number of aromatic nitrogens is 5. The molecule has 0 atom stereocenters. The van der Waals surface area contributed by atoms with Gasteiger partial charge >= 0.3 is 0 Å². The molecule has 0 amide bonds. The third kappa shape index (κ3) is 2.25. The van der Waals surface area contributed by atoms with Crippen molar-refractivity contribution in [3.63, 3.8) is 0 Å². The minimum Gasteiger partial charge on any atom is -0.352 e. The highest BCUT2D eigenvalue weighted by Gasteiger charge is 1.93. The Morgan fingerprint density at radius 1 is 1.50 bits per heavy atom. The molecular formula is C8H9N6. The Hall–Kier alpha value is -1.98. The lowest BCUT2D eigenvalue weighted by Crippen LogP contribution is -2.12. The van der Waals surface area contributed by atoms with Crippen LogP contribution < -0.4 is 5.32 Å². The summed E-state index contributed by atoms with van der Waals surface area (Å²) < 4.78 is 1.74. The van der Waals surface area contributed by atoms with Gasteiger partial charge in [-0.25, -0.2) is 15.0 Å². The average Bonchev–Trinajstić information content (AvgIpc) is 2.72. The number of anilines is 1. The summed E-state index contributed by atoms with van der Waals surface area (Å²) in [5.41, 5.74) is 0. The molecule has 2 aromatic rings. The van der Waals surface area contributed by atoms with E-state index in [9.17, 15) is 0 Å². The van der Waals surface area contributed by atoms with Gasteiger partial charge in [-0.1, -0.05) is 0 Å². The number of hydrogen-bond acceptors (Lipinski definition) is 5. The van der Waals surface area contributed by atoms with E-state index in [0.717, 1.165) is 6.54 Å². The van der Waals surface area contributed by atoms with Gasteiger partial charge in [0, 0.05) is 12.7 Å². The van der Waals surface area contributed by atoms with Gasteiger partial charge in [0.1, 0.15) is 12.7 Å². The van der Waals surface area contributed by atoms with Crippen LogP contribution in [0.5, 0.6) is 0 Å². The maximum absolute atomic E-state index is 4.00. The molecule has 6 nitrogen and oxygen atoms in total. The van der Waals surface area contributed by atoms with Crippen LogP contribution in [0.4, 0.5) is 5.95 Å². The molecule has 0 unspecified atom stereocenters. The minimum absolute atomic E-state index is 0.576. The van der Waals surface area contributed by atoms with Gasteiger partial charge in [0.15, 0.2) is 0 Å². The molecule has 14 heavy (non-hydrogen) atoms. The highest BCUT2D eigenvalue weighted by atomic mass is 15.3. The smallest absolute Gasteiger partial charge is 0.223 e. The Bertz CT molecular complexity index is 357. The average molecular weight is 189 g/mol. The first-order valence-corrected chi connectivity index (χ1v) is 4.20. The highest BCUT2D eigenvalue weighted by Crippen LogP contribution is 1.92. The lowest BCUT2D eigenvalue weighted by molar-refractivity contribution is 0.634. The summed E-state index contributed by atoms with van der Waals surface area (Å²) >= 11 is 0. The molecule has 0 fully saturated rings. The van der Waals surface area contributed by atoms with Crippen LogP contribution in [0.25, 0.3) is 0 Å². The molecule has 71 valence electrons. The first-order valence-electron chi connectivity index (χ1n) is 4.20. The lowest BCUT2D eigenvalue weighted by Gasteiger charge is -2.02. The molecule has 0 saturated carbocycles. The molecule has 0 aliphatic carbocycles. The fourth-order valence-electron chi connectivity index (χ4n) is 0.984. The third-order valence-electron chi connectivity index (χ3n) is 1.61. The Morgan fingerprint density at radius 2 is 2.50 bits per heavy atom. The van der Waals surface area contributed by atoms with Crippen molar-refractivity contribution in [1.82, 2.24) is 24.7 Å². The maximum atomic E-state index is 4.00. The summed E-state index contributed by atoms with van der Waals surface area (Å²) in [6.45, 7) is 1.44. The Kier molecular flexibility index (Phi) is 2.65. The second kappa shape index (κ2) is 4.31. The van der Waals surface area contributed by atoms with E-state index in [2.05, 4.69) is 31.6 Å². The second-order valence-electron chi connectivity index (χ2n) is 2.59. The molecule has 1 N–H and O–H groups in total. The van der Waals surface area contributed by atoms with Gasteiger partial charge in [0.2, 0.25) is 5.95 Å². The van der Waals surface area contributed by atoms with Crippen molar-refractivity contribution in [2.45, 2.75) is 6.54 Å². The van der Waals surface area contributed by atoms with E-state index in [-0.39, 0.29) is 0 Å². The maximum Gasteiger partial charge on any atom is 0.223 e. The molecule has 0 bridgehead atoms. The van der Waals surface area contributed by atoms with E-state index in [1.165, 1.54) is 6.33 Å². The summed E-state index contributed by atoms with van der Waals surface area (Å²) in [5, 5.41) is 7.01. The molecule has 2 heterocycles. The van der Waals surface area contributed by atoms with E-state index in [0.29, 0.717) is 12.5 Å². The molecule has 6 heteroatoms. The van der Waals surface area contributed by atoms with Crippen LogP contribution in [0.3, 0.4) is 0 Å². The summed E-state index contributed by atoms with van der Waals surface area (Å²) in [7, 11) is 0. The molecular weight excluding hydrogens is 180 g/mol. The molecule has 2 aromatic heterocycles. The van der Waals surface area contributed by atoms with Crippen molar-refractivity contribution in [3.05, 3.63) is 31.1 Å². The van der Waals surface area contributed by atoms with Crippen LogP contribution in [0.15, 0.2) is 24.9 Å². The Morgan fingerprint density at radius 3 is 3.21 bits per heavy atom. The van der Waals surface area contributed by atoms with Gasteiger partial charge in [-0.2, -0.15) is 5.10 Å². The van der Waals surface area contributed by atoms with Crippen molar-refractivity contribution in [1.29, 1.82) is 0 Å². The van der Waals surface area contributed by atoms with Crippen LogP contribution in [0.1, 0.15) is 0 Å². The predicted molar refractivity (Wildman–Crippen MR) is 49.4 cm³/mol. The molecule has 0 spiro atoms. The zero-order valence-electron chi connectivity index (χ0n) is 7.46. The molecule has 0 aliphatic heterocycles. The number of nitrogens with one attached hydrogen (secondary N) is 1. The molecule has 1 radical (unpaired) electrons. The van der Waals surface area contributed by atoms with Crippen LogP contribution in [0.2, 0.25) is 0 Å². The largest absolute Gasteiger partial charge is 0.352 e. The molecule has 0 aromatic carbocycles. The van der Waals surface area contributed by atoms with E-state index >= 15 is 0 Å². The van der Waals surface area contributed by atoms with Gasteiger partial charge in [0.05, 0.1) is 12.7 Å². The second-order valence-corrected chi connectivity index (χ2v) is 2.59. The van der Waals surface area contributed by atoms with Gasteiger partial charge < -0.3 is 5.32 Å². The molecule has 0 aliphatic rings. The summed E-state index contributed by atoms with van der Waals surface area (Å²) in [6.07, 6.45) is 7.51. The topological polar surface area (TPSA) is 68.5 Å². The zero-order valence-corrected chi connectivity index (χ0v) is 7.46. The fraction of sp³-hybridized carbons (Fsp3) is 0.250. The number of rotatable bonds is 4. The van der Waals surface area contributed by atoms with Crippen molar-refractivity contribution in [2.24, 2.45) is 0 Å². The van der Waals surface area contributed by atoms with Gasteiger partial charge in [-0.05, 0) is 6.07 Å². The first kappa shape index (κ1) is 8.61. The van der Waals surface area contributed by atoms with E-state index < -0.39 is 0 Å². The predicted octanol–water partition coefficient (Wildman–Crippen LogP) is -0.0196.